The zero-order valence-electron chi connectivity index (χ0n) is 14.1. The summed E-state index contributed by atoms with van der Waals surface area (Å²) in [5.41, 5.74) is 2.57. The van der Waals surface area contributed by atoms with Gasteiger partial charge < -0.3 is 14.7 Å². The second-order valence-corrected chi connectivity index (χ2v) is 6.80. The van der Waals surface area contributed by atoms with Crippen LogP contribution in [0.15, 0.2) is 34.3 Å². The van der Waals surface area contributed by atoms with Crippen molar-refractivity contribution in [2.24, 2.45) is 0 Å². The largest absolute Gasteiger partial charge is 0.356 e. The van der Waals surface area contributed by atoms with Gasteiger partial charge in [-0.15, -0.1) is 11.3 Å². The second kappa shape index (κ2) is 7.55. The highest BCUT2D eigenvalue weighted by Crippen LogP contribution is 2.33. The Hall–Kier alpha value is -2.25. The monoisotopic (exact) mass is 343 g/mol. The van der Waals surface area contributed by atoms with Gasteiger partial charge in [0.05, 0.1) is 21.8 Å². The smallest absolute Gasteiger partial charge is 0.223 e. The summed E-state index contributed by atoms with van der Waals surface area (Å²) in [5, 5.41) is 9.30. The number of aryl methyl sites for hydroxylation is 1. The molecular formula is C17H21N5OS. The number of anilines is 1. The zero-order valence-corrected chi connectivity index (χ0v) is 14.9. The third-order valence-electron chi connectivity index (χ3n) is 3.50. The van der Waals surface area contributed by atoms with Gasteiger partial charge in [0, 0.05) is 18.8 Å². The van der Waals surface area contributed by atoms with Crippen LogP contribution in [-0.4, -0.2) is 47.2 Å². The molecule has 6 nitrogen and oxygen atoms in total. The Labute approximate surface area is 145 Å². The van der Waals surface area contributed by atoms with Crippen molar-refractivity contribution in [2.75, 3.05) is 32.5 Å². The Morgan fingerprint density at radius 3 is 2.88 bits per heavy atom. The van der Waals surface area contributed by atoms with Crippen LogP contribution in [0.1, 0.15) is 12.1 Å². The average Bonchev–Trinajstić information content (AvgIpc) is 3.23. The molecule has 0 atom stereocenters. The minimum absolute atomic E-state index is 0.636. The molecule has 3 heterocycles. The predicted molar refractivity (Wildman–Crippen MR) is 97.2 cm³/mol. The lowest BCUT2D eigenvalue weighted by molar-refractivity contribution is 0.405. The summed E-state index contributed by atoms with van der Waals surface area (Å²) in [4.78, 5) is 12.4. The van der Waals surface area contributed by atoms with E-state index in [1.165, 1.54) is 0 Å². The van der Waals surface area contributed by atoms with Gasteiger partial charge in [0.2, 0.25) is 5.95 Å². The van der Waals surface area contributed by atoms with Crippen LogP contribution in [0.2, 0.25) is 0 Å². The first-order chi connectivity index (χ1) is 11.6. The minimum Gasteiger partial charge on any atom is -0.356 e. The molecule has 7 heteroatoms. The average molecular weight is 343 g/mol. The van der Waals surface area contributed by atoms with Crippen LogP contribution in [0.4, 0.5) is 5.95 Å². The summed E-state index contributed by atoms with van der Waals surface area (Å²) >= 11 is 1.65. The third-order valence-corrected chi connectivity index (χ3v) is 4.38. The van der Waals surface area contributed by atoms with Gasteiger partial charge in [0.15, 0.2) is 5.76 Å². The fraction of sp³-hybridized carbons (Fsp3) is 0.353. The van der Waals surface area contributed by atoms with Crippen LogP contribution in [0.25, 0.3) is 21.9 Å². The highest BCUT2D eigenvalue weighted by Gasteiger charge is 2.15. The van der Waals surface area contributed by atoms with E-state index in [1.807, 2.05) is 24.4 Å². The number of hydrogen-bond donors (Lipinski definition) is 1. The standard InChI is InChI=1S/C17H21N5OS/c1-12-10-14(23-21-12)13-11-19-17(18-7-5-8-22(2)3)20-16(13)15-6-4-9-24-15/h4,6,9-11H,5,7-8H2,1-3H3,(H,18,19,20). The van der Waals surface area contributed by atoms with Crippen molar-refractivity contribution in [3.05, 3.63) is 35.5 Å². The molecule has 0 aliphatic rings. The van der Waals surface area contributed by atoms with Gasteiger partial charge in [-0.05, 0) is 45.4 Å². The number of nitrogens with one attached hydrogen (secondary N) is 1. The molecule has 0 saturated heterocycles. The number of thiophene rings is 1. The highest BCUT2D eigenvalue weighted by atomic mass is 32.1. The first-order valence-corrected chi connectivity index (χ1v) is 8.74. The Balaban J connectivity index is 1.85. The van der Waals surface area contributed by atoms with Gasteiger partial charge in [0.25, 0.3) is 0 Å². The molecule has 24 heavy (non-hydrogen) atoms. The SMILES string of the molecule is Cc1cc(-c2cnc(NCCCN(C)C)nc2-c2cccs2)on1. The minimum atomic E-state index is 0.636. The van der Waals surface area contributed by atoms with E-state index in [0.717, 1.165) is 41.3 Å². The normalized spacial score (nSPS) is 11.2. The summed E-state index contributed by atoms with van der Waals surface area (Å²) in [6.07, 6.45) is 2.84. The van der Waals surface area contributed by atoms with Crippen molar-refractivity contribution < 1.29 is 4.52 Å². The maximum Gasteiger partial charge on any atom is 0.223 e. The van der Waals surface area contributed by atoms with Crippen molar-refractivity contribution in [1.29, 1.82) is 0 Å². The van der Waals surface area contributed by atoms with Gasteiger partial charge in [-0.1, -0.05) is 11.2 Å². The van der Waals surface area contributed by atoms with E-state index in [0.29, 0.717) is 11.7 Å². The molecule has 3 aromatic heterocycles. The van der Waals surface area contributed by atoms with E-state index in [9.17, 15) is 0 Å². The number of rotatable bonds is 7. The van der Waals surface area contributed by atoms with Crippen LogP contribution in [-0.2, 0) is 0 Å². The van der Waals surface area contributed by atoms with Crippen molar-refractivity contribution in [1.82, 2.24) is 20.0 Å². The van der Waals surface area contributed by atoms with Crippen LogP contribution in [0.3, 0.4) is 0 Å². The molecule has 0 radical (unpaired) electrons. The van der Waals surface area contributed by atoms with Gasteiger partial charge in [-0.3, -0.25) is 0 Å². The van der Waals surface area contributed by atoms with Crippen LogP contribution >= 0.6 is 11.3 Å². The van der Waals surface area contributed by atoms with E-state index in [4.69, 9.17) is 9.51 Å². The van der Waals surface area contributed by atoms with Gasteiger partial charge in [-0.25, -0.2) is 9.97 Å². The molecule has 0 unspecified atom stereocenters. The van der Waals surface area contributed by atoms with E-state index in [1.54, 1.807) is 17.5 Å². The maximum absolute atomic E-state index is 5.40. The third kappa shape index (κ3) is 3.98. The van der Waals surface area contributed by atoms with Crippen LogP contribution in [0, 0.1) is 6.92 Å². The zero-order chi connectivity index (χ0) is 16.9. The fourth-order valence-corrected chi connectivity index (χ4v) is 3.06. The topological polar surface area (TPSA) is 67.1 Å². The number of aromatic nitrogens is 3. The summed E-state index contributed by atoms with van der Waals surface area (Å²) in [7, 11) is 4.14. The molecular weight excluding hydrogens is 322 g/mol. The highest BCUT2D eigenvalue weighted by molar-refractivity contribution is 7.13. The summed E-state index contributed by atoms with van der Waals surface area (Å²) < 4.78 is 5.40. The van der Waals surface area contributed by atoms with Crippen molar-refractivity contribution in [3.8, 4) is 21.9 Å². The van der Waals surface area contributed by atoms with Crippen molar-refractivity contribution in [2.45, 2.75) is 13.3 Å². The van der Waals surface area contributed by atoms with Crippen LogP contribution < -0.4 is 5.32 Å². The molecule has 0 amide bonds. The van der Waals surface area contributed by atoms with E-state index >= 15 is 0 Å². The molecule has 1 N–H and O–H groups in total. The molecule has 0 bridgehead atoms. The number of hydrogen-bond acceptors (Lipinski definition) is 7. The quantitative estimate of drug-likeness (QED) is 0.662. The molecule has 3 aromatic rings. The Bertz CT molecular complexity index is 782. The predicted octanol–water partition coefficient (Wildman–Crippen LogP) is 3.53. The molecule has 0 spiro atoms. The molecule has 126 valence electrons. The number of nitrogens with zero attached hydrogens (tertiary/aromatic N) is 4. The lowest BCUT2D eigenvalue weighted by Crippen LogP contribution is -2.17. The van der Waals surface area contributed by atoms with Gasteiger partial charge in [0.1, 0.15) is 0 Å². The molecule has 0 aromatic carbocycles. The van der Waals surface area contributed by atoms with Gasteiger partial charge in [-0.2, -0.15) is 0 Å². The molecule has 0 saturated carbocycles. The lowest BCUT2D eigenvalue weighted by atomic mass is 10.1. The fourth-order valence-electron chi connectivity index (χ4n) is 2.33. The van der Waals surface area contributed by atoms with Gasteiger partial charge >= 0.3 is 0 Å². The first-order valence-electron chi connectivity index (χ1n) is 7.86. The van der Waals surface area contributed by atoms with Crippen molar-refractivity contribution >= 4 is 17.3 Å². The summed E-state index contributed by atoms with van der Waals surface area (Å²) in [6.45, 7) is 3.77. The van der Waals surface area contributed by atoms with E-state index in [-0.39, 0.29) is 0 Å². The van der Waals surface area contributed by atoms with E-state index in [2.05, 4.69) is 40.5 Å². The Morgan fingerprint density at radius 1 is 1.33 bits per heavy atom. The summed E-state index contributed by atoms with van der Waals surface area (Å²) in [5.74, 6) is 1.33. The van der Waals surface area contributed by atoms with Crippen LogP contribution in [0.5, 0.6) is 0 Å². The van der Waals surface area contributed by atoms with Crippen molar-refractivity contribution in [3.63, 3.8) is 0 Å². The van der Waals surface area contributed by atoms with E-state index < -0.39 is 0 Å². The second-order valence-electron chi connectivity index (χ2n) is 5.85. The molecule has 0 aliphatic heterocycles. The Kier molecular flexibility index (Phi) is 5.22. The Morgan fingerprint density at radius 2 is 2.21 bits per heavy atom. The maximum atomic E-state index is 5.40. The summed E-state index contributed by atoms with van der Waals surface area (Å²) in [6, 6.07) is 5.97. The molecule has 0 fully saturated rings. The molecule has 0 aliphatic carbocycles. The molecule has 3 rings (SSSR count). The lowest BCUT2D eigenvalue weighted by Gasteiger charge is -2.11. The first kappa shape index (κ1) is 16.6.